The molecule has 3 heterocycles. The third-order valence-electron chi connectivity index (χ3n) is 3.73. The summed E-state index contributed by atoms with van der Waals surface area (Å²) < 4.78 is 11.4. The molecule has 1 unspecified atom stereocenters. The molecular formula is C15H24N6O3. The summed E-state index contributed by atoms with van der Waals surface area (Å²) in [6.45, 7) is 6.93. The Hall–Kier alpha value is -2.29. The molecule has 0 radical (unpaired) electrons. The van der Waals surface area contributed by atoms with E-state index in [-0.39, 0.29) is 12.2 Å². The lowest BCUT2D eigenvalue weighted by Gasteiger charge is -2.26. The largest absolute Gasteiger partial charge is 0.473 e. The van der Waals surface area contributed by atoms with Crippen molar-refractivity contribution < 1.29 is 14.3 Å². The highest BCUT2D eigenvalue weighted by Gasteiger charge is 2.27. The predicted octanol–water partition coefficient (Wildman–Crippen LogP) is 1.31. The van der Waals surface area contributed by atoms with Gasteiger partial charge in [0.15, 0.2) is 5.84 Å². The smallest absolute Gasteiger partial charge is 0.410 e. The number of ether oxygens (including phenoxy) is 2. The molecule has 0 aliphatic carbocycles. The molecule has 9 nitrogen and oxygen atoms in total. The zero-order chi connectivity index (χ0) is 17.2. The number of nitrogens with one attached hydrogen (secondary N) is 2. The van der Waals surface area contributed by atoms with Gasteiger partial charge in [-0.1, -0.05) is 0 Å². The van der Waals surface area contributed by atoms with Crippen LogP contribution >= 0.6 is 0 Å². The number of fused-ring (bicyclic) bond motifs is 1. The minimum Gasteiger partial charge on any atom is -0.473 e. The standard InChI is InChI=1S/C15H24N6O3/c1-15(2,3)24-14(22)20-9-4-5-11(8-10-20)23-13-7-6-12-16-18-19-21(12)17-13/h6-7,11,18-19H,4-5,8-10H2,1-3H3. The second kappa shape index (κ2) is 6.68. The quantitative estimate of drug-likeness (QED) is 0.750. The van der Waals surface area contributed by atoms with Gasteiger partial charge in [0, 0.05) is 25.6 Å². The number of carbonyl (C=O) groups is 1. The van der Waals surface area contributed by atoms with E-state index in [4.69, 9.17) is 9.47 Å². The Balaban J connectivity index is 1.52. The molecule has 0 saturated carbocycles. The molecule has 3 rings (SSSR count). The Morgan fingerprint density at radius 3 is 2.92 bits per heavy atom. The van der Waals surface area contributed by atoms with E-state index in [2.05, 4.69) is 21.3 Å². The molecule has 1 atom stereocenters. The topological polar surface area (TPSA) is 90.8 Å². The Morgan fingerprint density at radius 2 is 2.12 bits per heavy atom. The molecule has 3 aliphatic heterocycles. The van der Waals surface area contributed by atoms with Gasteiger partial charge in [0.05, 0.1) is 0 Å². The average Bonchev–Trinajstić information content (AvgIpc) is 2.83. The normalized spacial score (nSPS) is 23.7. The Labute approximate surface area is 141 Å². The van der Waals surface area contributed by atoms with Crippen LogP contribution in [0.4, 0.5) is 4.79 Å². The van der Waals surface area contributed by atoms with Gasteiger partial charge < -0.3 is 14.4 Å². The van der Waals surface area contributed by atoms with Crippen LogP contribution in [-0.4, -0.2) is 52.6 Å². The highest BCUT2D eigenvalue weighted by Crippen LogP contribution is 2.18. The van der Waals surface area contributed by atoms with Crippen LogP contribution in [0.25, 0.3) is 0 Å². The SMILES string of the molecule is CC(C)(C)OC(=O)N1CCCC(OC2=NN3NNN=C3C=C2)CC1. The van der Waals surface area contributed by atoms with E-state index < -0.39 is 5.60 Å². The minimum absolute atomic E-state index is 0.0230. The monoisotopic (exact) mass is 336 g/mol. The maximum atomic E-state index is 12.2. The van der Waals surface area contributed by atoms with Crippen molar-refractivity contribution in [2.45, 2.75) is 51.7 Å². The van der Waals surface area contributed by atoms with E-state index in [0.717, 1.165) is 19.3 Å². The molecule has 0 bridgehead atoms. The number of hydrazone groups is 2. The molecule has 132 valence electrons. The molecule has 1 fully saturated rings. The first-order valence-electron chi connectivity index (χ1n) is 8.20. The van der Waals surface area contributed by atoms with Crippen molar-refractivity contribution in [2.24, 2.45) is 10.2 Å². The second-order valence-corrected chi connectivity index (χ2v) is 6.92. The van der Waals surface area contributed by atoms with Gasteiger partial charge in [0.1, 0.15) is 11.7 Å². The number of carbonyl (C=O) groups excluding carboxylic acids is 1. The van der Waals surface area contributed by atoms with E-state index in [0.29, 0.717) is 24.8 Å². The first-order valence-corrected chi connectivity index (χ1v) is 8.20. The summed E-state index contributed by atoms with van der Waals surface area (Å²) in [4.78, 5) is 13.9. The van der Waals surface area contributed by atoms with E-state index in [1.54, 1.807) is 11.0 Å². The molecular weight excluding hydrogens is 312 g/mol. The highest BCUT2D eigenvalue weighted by atomic mass is 16.6. The summed E-state index contributed by atoms with van der Waals surface area (Å²) in [6.07, 6.45) is 5.87. The average molecular weight is 336 g/mol. The number of hydrogen-bond donors (Lipinski definition) is 2. The molecule has 0 aromatic heterocycles. The van der Waals surface area contributed by atoms with Crippen molar-refractivity contribution in [3.63, 3.8) is 0 Å². The first-order chi connectivity index (χ1) is 11.4. The van der Waals surface area contributed by atoms with Gasteiger partial charge in [-0.05, 0) is 39.7 Å². The van der Waals surface area contributed by atoms with E-state index >= 15 is 0 Å². The molecule has 24 heavy (non-hydrogen) atoms. The minimum atomic E-state index is -0.475. The summed E-state index contributed by atoms with van der Waals surface area (Å²) in [5.74, 6) is 1.21. The molecule has 1 saturated heterocycles. The lowest BCUT2D eigenvalue weighted by molar-refractivity contribution is 0.0251. The van der Waals surface area contributed by atoms with Crippen molar-refractivity contribution in [1.82, 2.24) is 21.1 Å². The van der Waals surface area contributed by atoms with Crippen LogP contribution in [0.2, 0.25) is 0 Å². The first kappa shape index (κ1) is 16.6. The van der Waals surface area contributed by atoms with Gasteiger partial charge in [0.2, 0.25) is 5.90 Å². The number of rotatable bonds is 1. The summed E-state index contributed by atoms with van der Waals surface area (Å²) >= 11 is 0. The van der Waals surface area contributed by atoms with Gasteiger partial charge >= 0.3 is 6.09 Å². The molecule has 0 spiro atoms. The summed E-state index contributed by atoms with van der Waals surface area (Å²) in [5, 5.41) is 9.80. The van der Waals surface area contributed by atoms with E-state index in [9.17, 15) is 4.79 Å². The Morgan fingerprint density at radius 1 is 1.29 bits per heavy atom. The van der Waals surface area contributed by atoms with Crippen molar-refractivity contribution in [1.29, 1.82) is 0 Å². The zero-order valence-corrected chi connectivity index (χ0v) is 14.3. The van der Waals surface area contributed by atoms with Crippen LogP contribution in [0.5, 0.6) is 0 Å². The number of hydrogen-bond acceptors (Lipinski definition) is 8. The fourth-order valence-corrected chi connectivity index (χ4v) is 2.62. The second-order valence-electron chi connectivity index (χ2n) is 6.92. The van der Waals surface area contributed by atoms with Crippen LogP contribution < -0.4 is 11.1 Å². The van der Waals surface area contributed by atoms with Gasteiger partial charge in [-0.3, -0.25) is 0 Å². The molecule has 1 amide bonds. The summed E-state index contributed by atoms with van der Waals surface area (Å²) in [6, 6.07) is 0. The molecule has 2 N–H and O–H groups in total. The molecule has 9 heteroatoms. The van der Waals surface area contributed by atoms with Crippen LogP contribution in [0.1, 0.15) is 40.0 Å². The van der Waals surface area contributed by atoms with Gasteiger partial charge in [-0.15, -0.1) is 15.7 Å². The van der Waals surface area contributed by atoms with E-state index in [1.165, 1.54) is 5.12 Å². The number of amides is 1. The molecule has 0 aromatic rings. The van der Waals surface area contributed by atoms with Crippen LogP contribution in [0, 0.1) is 0 Å². The predicted molar refractivity (Wildman–Crippen MR) is 88.7 cm³/mol. The van der Waals surface area contributed by atoms with Crippen molar-refractivity contribution in [2.75, 3.05) is 13.1 Å². The number of hydrazine groups is 2. The molecule has 3 aliphatic rings. The van der Waals surface area contributed by atoms with Crippen molar-refractivity contribution in [3.8, 4) is 0 Å². The Kier molecular flexibility index (Phi) is 4.61. The molecule has 0 aromatic carbocycles. The number of amidine groups is 1. The number of likely N-dealkylation sites (tertiary alicyclic amines) is 1. The third-order valence-corrected chi connectivity index (χ3v) is 3.73. The maximum Gasteiger partial charge on any atom is 0.410 e. The van der Waals surface area contributed by atoms with Crippen molar-refractivity contribution >= 4 is 17.8 Å². The maximum absolute atomic E-state index is 12.2. The number of nitrogens with zero attached hydrogens (tertiary/aromatic N) is 4. The van der Waals surface area contributed by atoms with Gasteiger partial charge in [0.25, 0.3) is 0 Å². The van der Waals surface area contributed by atoms with Gasteiger partial charge in [-0.25, -0.2) is 10.3 Å². The van der Waals surface area contributed by atoms with Crippen molar-refractivity contribution in [3.05, 3.63) is 12.2 Å². The highest BCUT2D eigenvalue weighted by molar-refractivity contribution is 6.03. The van der Waals surface area contributed by atoms with E-state index in [1.807, 2.05) is 26.8 Å². The van der Waals surface area contributed by atoms with Gasteiger partial charge in [-0.2, -0.15) is 5.12 Å². The van der Waals surface area contributed by atoms with Crippen LogP contribution in [-0.2, 0) is 9.47 Å². The zero-order valence-electron chi connectivity index (χ0n) is 14.3. The summed E-state index contributed by atoms with van der Waals surface area (Å²) in [5.41, 5.74) is 4.93. The Bertz CT molecular complexity index is 580. The fourth-order valence-electron chi connectivity index (χ4n) is 2.62. The fraction of sp³-hybridized carbons (Fsp3) is 0.667. The van der Waals surface area contributed by atoms with Crippen LogP contribution in [0.3, 0.4) is 0 Å². The third kappa shape index (κ3) is 4.16. The lowest BCUT2D eigenvalue weighted by atomic mass is 10.1. The van der Waals surface area contributed by atoms with Crippen LogP contribution in [0.15, 0.2) is 22.4 Å². The lowest BCUT2D eigenvalue weighted by Crippen LogP contribution is -2.39. The summed E-state index contributed by atoms with van der Waals surface area (Å²) in [7, 11) is 0.